The first-order valence-corrected chi connectivity index (χ1v) is 16.0. The Balaban J connectivity index is 1.09. The normalized spacial score (nSPS) is 15.5. The third-order valence-electron chi connectivity index (χ3n) is 8.34. The van der Waals surface area contributed by atoms with Crippen molar-refractivity contribution in [2.75, 3.05) is 19.8 Å². The second-order valence-electron chi connectivity index (χ2n) is 11.8. The van der Waals surface area contributed by atoms with Gasteiger partial charge in [0.1, 0.15) is 6.04 Å². The lowest BCUT2D eigenvalue weighted by atomic mass is 10.0. The van der Waals surface area contributed by atoms with E-state index in [9.17, 15) is 24.0 Å². The Morgan fingerprint density at radius 2 is 1.70 bits per heavy atom. The molecule has 1 aromatic heterocycles. The Kier molecular flexibility index (Phi) is 13.1. The van der Waals surface area contributed by atoms with Crippen LogP contribution in [0.25, 0.3) is 11.0 Å². The third-order valence-corrected chi connectivity index (χ3v) is 8.34. The van der Waals surface area contributed by atoms with E-state index in [1.165, 1.54) is 10.1 Å². The summed E-state index contributed by atoms with van der Waals surface area (Å²) in [6.45, 7) is 2.16. The summed E-state index contributed by atoms with van der Waals surface area (Å²) in [5, 5.41) is 5.00. The maximum absolute atomic E-state index is 13.0. The number of benzene rings is 2. The summed E-state index contributed by atoms with van der Waals surface area (Å²) in [6, 6.07) is 13.3. The number of aromatic nitrogens is 2. The molecule has 248 valence electrons. The number of imidazole rings is 1. The molecule has 0 spiro atoms. The standard InChI is InChI=1S/C34H45N5O7/c1-38-30-20-25(12-14-28(30)39(34(38)44)29-15-17-32(42)37-33(29)43)6-3-2-4-18-45-19-5-7-24-8-10-26(11-9-24)21-46-22-27(36-23-40)13-16-31(35)41/h8-12,14,20,23,27,29H,2-7,13,15-19,21-22H2,1H3,(H2,35,41)(H,36,40)(H,37,42,43)/t27-,29?/m0/s1. The van der Waals surface area contributed by atoms with Gasteiger partial charge in [-0.15, -0.1) is 0 Å². The predicted molar refractivity (Wildman–Crippen MR) is 173 cm³/mol. The van der Waals surface area contributed by atoms with Crippen LogP contribution in [0.15, 0.2) is 47.3 Å². The molecule has 12 nitrogen and oxygen atoms in total. The first kappa shape index (κ1) is 34.6. The SMILES string of the molecule is Cn1c(=O)n(C2CCC(=O)NC2=O)c2ccc(CCCCCOCCCc3ccc(COC[C@H](CCC(N)=O)NC=O)cc3)cc21. The van der Waals surface area contributed by atoms with Gasteiger partial charge in [0.05, 0.1) is 30.3 Å². The molecule has 0 radical (unpaired) electrons. The summed E-state index contributed by atoms with van der Waals surface area (Å²) in [5.74, 6) is -1.13. The lowest BCUT2D eigenvalue weighted by molar-refractivity contribution is -0.135. The fourth-order valence-electron chi connectivity index (χ4n) is 5.73. The summed E-state index contributed by atoms with van der Waals surface area (Å²) < 4.78 is 14.6. The monoisotopic (exact) mass is 635 g/mol. The van der Waals surface area contributed by atoms with Gasteiger partial charge in [-0.3, -0.25) is 33.6 Å². The van der Waals surface area contributed by atoms with Crippen molar-refractivity contribution in [1.82, 2.24) is 19.8 Å². The van der Waals surface area contributed by atoms with E-state index in [0.717, 1.165) is 61.8 Å². The van der Waals surface area contributed by atoms with Crippen molar-refractivity contribution in [3.8, 4) is 0 Å². The molecular formula is C34H45N5O7. The second-order valence-corrected chi connectivity index (χ2v) is 11.8. The molecule has 1 aliphatic rings. The number of nitrogens with two attached hydrogens (primary N) is 1. The number of ether oxygens (including phenoxy) is 2. The zero-order valence-corrected chi connectivity index (χ0v) is 26.5. The van der Waals surface area contributed by atoms with E-state index in [4.69, 9.17) is 15.2 Å². The Morgan fingerprint density at radius 3 is 2.43 bits per heavy atom. The molecule has 2 aromatic carbocycles. The number of fused-ring (bicyclic) bond motifs is 1. The molecule has 3 aromatic rings. The molecule has 1 saturated heterocycles. The van der Waals surface area contributed by atoms with Crippen molar-refractivity contribution in [2.45, 2.75) is 82.9 Å². The summed E-state index contributed by atoms with van der Waals surface area (Å²) in [6.07, 6.45) is 7.58. The highest BCUT2D eigenvalue weighted by atomic mass is 16.5. The van der Waals surface area contributed by atoms with Crippen LogP contribution >= 0.6 is 0 Å². The van der Waals surface area contributed by atoms with Crippen LogP contribution in [0.2, 0.25) is 0 Å². The quantitative estimate of drug-likeness (QED) is 0.0976. The molecule has 1 unspecified atom stereocenters. The average Bonchev–Trinajstić information content (AvgIpc) is 3.28. The van der Waals surface area contributed by atoms with E-state index in [-0.39, 0.29) is 30.5 Å². The number of piperidine rings is 1. The number of nitrogens with zero attached hydrogens (tertiary/aromatic N) is 2. The molecule has 46 heavy (non-hydrogen) atoms. The number of carbonyl (C=O) groups is 4. The Bertz CT molecular complexity index is 1550. The summed E-state index contributed by atoms with van der Waals surface area (Å²) in [5.41, 5.74) is 9.83. The van der Waals surface area contributed by atoms with Crippen LogP contribution in [0.5, 0.6) is 0 Å². The number of aryl methyl sites for hydroxylation is 3. The Labute approximate surface area is 268 Å². The van der Waals surface area contributed by atoms with Crippen LogP contribution in [-0.4, -0.2) is 59.1 Å². The average molecular weight is 636 g/mol. The maximum Gasteiger partial charge on any atom is 0.329 e. The molecule has 12 heteroatoms. The Hall–Kier alpha value is -4.29. The minimum Gasteiger partial charge on any atom is -0.381 e. The van der Waals surface area contributed by atoms with Crippen molar-refractivity contribution in [3.05, 3.63) is 69.6 Å². The highest BCUT2D eigenvalue weighted by Crippen LogP contribution is 2.24. The van der Waals surface area contributed by atoms with Gasteiger partial charge in [0.25, 0.3) is 0 Å². The number of carbonyl (C=O) groups excluding carboxylic acids is 4. The highest BCUT2D eigenvalue weighted by molar-refractivity contribution is 6.00. The van der Waals surface area contributed by atoms with E-state index in [2.05, 4.69) is 22.8 Å². The molecule has 2 atom stereocenters. The van der Waals surface area contributed by atoms with E-state index >= 15 is 0 Å². The van der Waals surface area contributed by atoms with Crippen LogP contribution in [0, 0.1) is 0 Å². The van der Waals surface area contributed by atoms with Crippen LogP contribution in [0.4, 0.5) is 0 Å². The van der Waals surface area contributed by atoms with Gasteiger partial charge in [-0.2, -0.15) is 0 Å². The van der Waals surface area contributed by atoms with Gasteiger partial charge in [-0.05, 0) is 73.8 Å². The van der Waals surface area contributed by atoms with Gasteiger partial charge < -0.3 is 20.5 Å². The third kappa shape index (κ3) is 9.85. The van der Waals surface area contributed by atoms with E-state index in [0.29, 0.717) is 44.6 Å². The lowest BCUT2D eigenvalue weighted by Gasteiger charge is -2.21. The zero-order valence-electron chi connectivity index (χ0n) is 26.5. The number of hydrogen-bond donors (Lipinski definition) is 3. The molecule has 1 fully saturated rings. The fraction of sp³-hybridized carbons (Fsp3) is 0.500. The van der Waals surface area contributed by atoms with Gasteiger partial charge in [-0.25, -0.2) is 4.79 Å². The van der Waals surface area contributed by atoms with Crippen molar-refractivity contribution in [2.24, 2.45) is 12.8 Å². The minimum atomic E-state index is -0.675. The topological polar surface area (TPSA) is 164 Å². The molecule has 0 bridgehead atoms. The largest absolute Gasteiger partial charge is 0.381 e. The number of hydrogen-bond acceptors (Lipinski definition) is 7. The van der Waals surface area contributed by atoms with E-state index in [1.807, 2.05) is 30.3 Å². The number of amides is 4. The number of primary amides is 1. The summed E-state index contributed by atoms with van der Waals surface area (Å²) in [4.78, 5) is 58.6. The van der Waals surface area contributed by atoms with Gasteiger partial charge >= 0.3 is 5.69 Å². The van der Waals surface area contributed by atoms with Crippen molar-refractivity contribution in [1.29, 1.82) is 0 Å². The number of imide groups is 1. The minimum absolute atomic E-state index is 0.198. The van der Waals surface area contributed by atoms with Crippen molar-refractivity contribution >= 4 is 35.2 Å². The van der Waals surface area contributed by atoms with Crippen LogP contribution < -0.4 is 22.1 Å². The first-order valence-electron chi connectivity index (χ1n) is 16.0. The summed E-state index contributed by atoms with van der Waals surface area (Å²) in [7, 11) is 1.71. The molecule has 2 heterocycles. The number of rotatable bonds is 20. The van der Waals surface area contributed by atoms with E-state index in [1.54, 1.807) is 11.6 Å². The van der Waals surface area contributed by atoms with Crippen LogP contribution in [0.1, 0.15) is 74.1 Å². The maximum atomic E-state index is 13.0. The Morgan fingerprint density at radius 1 is 0.978 bits per heavy atom. The first-order chi connectivity index (χ1) is 22.3. The molecule has 4 rings (SSSR count). The zero-order chi connectivity index (χ0) is 32.9. The molecule has 1 aliphatic heterocycles. The van der Waals surface area contributed by atoms with Gasteiger partial charge in [0.15, 0.2) is 0 Å². The second kappa shape index (κ2) is 17.4. The number of unbranched alkanes of at least 4 members (excludes halogenated alkanes) is 2. The smallest absolute Gasteiger partial charge is 0.329 e. The van der Waals surface area contributed by atoms with E-state index < -0.39 is 17.9 Å². The van der Waals surface area contributed by atoms with Crippen molar-refractivity contribution < 1.29 is 28.7 Å². The summed E-state index contributed by atoms with van der Waals surface area (Å²) >= 11 is 0. The predicted octanol–water partition coefficient (Wildman–Crippen LogP) is 2.58. The van der Waals surface area contributed by atoms with Crippen LogP contribution in [0.3, 0.4) is 0 Å². The highest BCUT2D eigenvalue weighted by Gasteiger charge is 2.31. The number of nitrogens with one attached hydrogen (secondary N) is 2. The molecule has 4 amide bonds. The van der Waals surface area contributed by atoms with Crippen LogP contribution in [-0.2, 0) is 55.1 Å². The molecule has 0 saturated carbocycles. The molecule has 0 aliphatic carbocycles. The van der Waals surface area contributed by atoms with Crippen molar-refractivity contribution in [3.63, 3.8) is 0 Å². The molecule has 4 N–H and O–H groups in total. The van der Waals surface area contributed by atoms with Gasteiger partial charge in [-0.1, -0.05) is 36.8 Å². The van der Waals surface area contributed by atoms with Gasteiger partial charge in [0.2, 0.25) is 24.1 Å². The fourth-order valence-corrected chi connectivity index (χ4v) is 5.73. The molecular weight excluding hydrogens is 590 g/mol. The lowest BCUT2D eigenvalue weighted by Crippen LogP contribution is -2.44. The van der Waals surface area contributed by atoms with Gasteiger partial charge in [0, 0.05) is 33.1 Å².